The molecular weight excluding hydrogens is 336 g/mol. The Morgan fingerprint density at radius 1 is 0.815 bits per heavy atom. The van der Waals surface area contributed by atoms with Gasteiger partial charge < -0.3 is 9.64 Å². The zero-order chi connectivity index (χ0) is 18.1. The second-order valence-electron chi connectivity index (χ2n) is 8.07. The van der Waals surface area contributed by atoms with Gasteiger partial charge in [0, 0.05) is 32.2 Å². The van der Waals surface area contributed by atoms with E-state index in [0.29, 0.717) is 5.75 Å². The number of rotatable bonds is 4. The Hall–Kier alpha value is -2.14. The highest BCUT2D eigenvalue weighted by Crippen LogP contribution is 2.30. The maximum Gasteiger partial charge on any atom is 0.225 e. The molecule has 1 aromatic heterocycles. The van der Waals surface area contributed by atoms with E-state index in [9.17, 15) is 0 Å². The zero-order valence-electron chi connectivity index (χ0n) is 15.9. The third-order valence-corrected chi connectivity index (χ3v) is 6.34. The lowest BCUT2D eigenvalue weighted by Crippen LogP contribution is -2.41. The average molecular weight is 364 g/mol. The van der Waals surface area contributed by atoms with Crippen molar-refractivity contribution < 1.29 is 4.74 Å². The number of hydrogen-bond acceptors (Lipinski definition) is 5. The molecule has 3 heterocycles. The summed E-state index contributed by atoms with van der Waals surface area (Å²) in [6.07, 6.45) is 12.5. The third-order valence-electron chi connectivity index (χ3n) is 6.34. The normalized spacial score (nSPS) is 20.8. The second kappa shape index (κ2) is 7.47. The van der Waals surface area contributed by atoms with E-state index in [1.807, 2.05) is 0 Å². The van der Waals surface area contributed by atoms with Crippen molar-refractivity contribution in [3.05, 3.63) is 41.7 Å². The van der Waals surface area contributed by atoms with Crippen LogP contribution in [0.15, 0.2) is 30.6 Å². The van der Waals surface area contributed by atoms with Crippen molar-refractivity contribution in [2.24, 2.45) is 0 Å². The molecule has 0 radical (unpaired) electrons. The fourth-order valence-corrected chi connectivity index (χ4v) is 4.48. The summed E-state index contributed by atoms with van der Waals surface area (Å²) < 4.78 is 6.05. The van der Waals surface area contributed by atoms with E-state index in [-0.39, 0.29) is 0 Å². The van der Waals surface area contributed by atoms with Crippen molar-refractivity contribution >= 4 is 5.95 Å². The van der Waals surface area contributed by atoms with Crippen LogP contribution in [0.1, 0.15) is 43.2 Å². The van der Waals surface area contributed by atoms with Gasteiger partial charge in [-0.1, -0.05) is 12.5 Å². The van der Waals surface area contributed by atoms with E-state index in [4.69, 9.17) is 4.74 Å². The average Bonchev–Trinajstić information content (AvgIpc) is 3.11. The number of anilines is 1. The van der Waals surface area contributed by atoms with E-state index in [1.54, 1.807) is 12.4 Å². The van der Waals surface area contributed by atoms with Crippen LogP contribution in [0.4, 0.5) is 5.95 Å². The van der Waals surface area contributed by atoms with Crippen LogP contribution in [0.5, 0.6) is 11.5 Å². The number of ether oxygens (including phenoxy) is 1. The molecule has 2 aromatic rings. The van der Waals surface area contributed by atoms with Crippen LogP contribution in [0.2, 0.25) is 0 Å². The fraction of sp³-hybridized carbons (Fsp3) is 0.545. The maximum atomic E-state index is 6.05. The number of fused-ring (bicyclic) bond motifs is 1. The van der Waals surface area contributed by atoms with Crippen LogP contribution < -0.4 is 9.64 Å². The predicted molar refractivity (Wildman–Crippen MR) is 107 cm³/mol. The Morgan fingerprint density at radius 3 is 2.26 bits per heavy atom. The predicted octanol–water partition coefficient (Wildman–Crippen LogP) is 3.82. The minimum atomic E-state index is 0.711. The highest BCUT2D eigenvalue weighted by atomic mass is 16.5. The molecule has 1 aliphatic carbocycles. The summed E-state index contributed by atoms with van der Waals surface area (Å²) >= 11 is 0. The molecule has 2 aliphatic heterocycles. The van der Waals surface area contributed by atoms with Crippen molar-refractivity contribution in [1.82, 2.24) is 14.9 Å². The molecule has 1 saturated carbocycles. The minimum Gasteiger partial charge on any atom is -0.454 e. The molecular formula is C22H28N4O. The van der Waals surface area contributed by atoms with Crippen molar-refractivity contribution in [2.75, 3.05) is 31.1 Å². The lowest BCUT2D eigenvalue weighted by Gasteiger charge is -2.36. The summed E-state index contributed by atoms with van der Waals surface area (Å²) in [4.78, 5) is 13.9. The van der Waals surface area contributed by atoms with Gasteiger partial charge in [-0.15, -0.1) is 0 Å². The molecule has 1 saturated heterocycles. The highest BCUT2D eigenvalue weighted by Gasteiger charge is 2.26. The molecule has 5 nitrogen and oxygen atoms in total. The molecule has 27 heavy (non-hydrogen) atoms. The van der Waals surface area contributed by atoms with Gasteiger partial charge in [0.25, 0.3) is 0 Å². The topological polar surface area (TPSA) is 41.5 Å². The minimum absolute atomic E-state index is 0.711. The van der Waals surface area contributed by atoms with Gasteiger partial charge in [-0.2, -0.15) is 0 Å². The monoisotopic (exact) mass is 364 g/mol. The first-order chi connectivity index (χ1) is 13.3. The molecule has 5 heteroatoms. The summed E-state index contributed by atoms with van der Waals surface area (Å²) in [5.74, 6) is 2.42. The fourth-order valence-electron chi connectivity index (χ4n) is 4.48. The van der Waals surface area contributed by atoms with Crippen LogP contribution in [0, 0.1) is 0 Å². The van der Waals surface area contributed by atoms with E-state index >= 15 is 0 Å². The lowest BCUT2D eigenvalue weighted by atomic mass is 9.91. The molecule has 0 bridgehead atoms. The van der Waals surface area contributed by atoms with Crippen LogP contribution >= 0.6 is 0 Å². The number of aromatic nitrogens is 2. The first-order valence-corrected chi connectivity index (χ1v) is 10.5. The van der Waals surface area contributed by atoms with Gasteiger partial charge in [-0.05, 0) is 61.8 Å². The summed E-state index contributed by atoms with van der Waals surface area (Å²) in [5, 5.41) is 0. The lowest BCUT2D eigenvalue weighted by molar-refractivity contribution is 0.133. The van der Waals surface area contributed by atoms with Crippen molar-refractivity contribution in [3.63, 3.8) is 0 Å². The molecule has 5 rings (SSSR count). The van der Waals surface area contributed by atoms with Crippen molar-refractivity contribution in [2.45, 2.75) is 51.0 Å². The van der Waals surface area contributed by atoms with Gasteiger partial charge in [0.2, 0.25) is 5.95 Å². The number of hydrogen-bond donors (Lipinski definition) is 0. The first kappa shape index (κ1) is 17.0. The van der Waals surface area contributed by atoms with Gasteiger partial charge in [0.1, 0.15) is 5.75 Å². The van der Waals surface area contributed by atoms with Crippen molar-refractivity contribution in [3.8, 4) is 11.5 Å². The Balaban J connectivity index is 1.26. The van der Waals surface area contributed by atoms with Gasteiger partial charge >= 0.3 is 0 Å². The molecule has 0 N–H and O–H groups in total. The van der Waals surface area contributed by atoms with Crippen LogP contribution in [0.25, 0.3) is 0 Å². The van der Waals surface area contributed by atoms with E-state index < -0.39 is 0 Å². The molecule has 0 amide bonds. The molecule has 0 unspecified atom stereocenters. The smallest absolute Gasteiger partial charge is 0.225 e. The molecule has 3 aliphatic rings. The Morgan fingerprint density at radius 2 is 1.56 bits per heavy atom. The van der Waals surface area contributed by atoms with E-state index in [1.165, 1.54) is 56.3 Å². The summed E-state index contributed by atoms with van der Waals surface area (Å²) in [7, 11) is 0. The van der Waals surface area contributed by atoms with Gasteiger partial charge in [-0.3, -0.25) is 4.90 Å². The Kier molecular flexibility index (Phi) is 4.70. The van der Waals surface area contributed by atoms with Crippen LogP contribution in [-0.4, -0.2) is 47.1 Å². The summed E-state index contributed by atoms with van der Waals surface area (Å²) in [6.45, 7) is 4.49. The zero-order valence-corrected chi connectivity index (χ0v) is 15.9. The molecule has 2 fully saturated rings. The van der Waals surface area contributed by atoms with Crippen LogP contribution in [-0.2, 0) is 12.8 Å². The van der Waals surface area contributed by atoms with Crippen LogP contribution in [0.3, 0.4) is 0 Å². The quantitative estimate of drug-likeness (QED) is 0.825. The summed E-state index contributed by atoms with van der Waals surface area (Å²) in [5.41, 5.74) is 2.91. The molecule has 1 aromatic carbocycles. The van der Waals surface area contributed by atoms with Gasteiger partial charge in [0.15, 0.2) is 5.75 Å². The number of benzene rings is 1. The van der Waals surface area contributed by atoms with E-state index in [2.05, 4.69) is 38.0 Å². The van der Waals surface area contributed by atoms with E-state index in [0.717, 1.165) is 43.7 Å². The summed E-state index contributed by atoms with van der Waals surface area (Å²) in [6, 6.07) is 7.38. The second-order valence-corrected chi connectivity index (χ2v) is 8.07. The molecule has 0 spiro atoms. The maximum absolute atomic E-state index is 6.05. The standard InChI is InChI=1S/C22H28N4O/c1-2-11-26(10-1)22-23-15-21(16-24-22)27-20-7-6-17-8-12-25(19-4-3-5-19)13-9-18(17)14-20/h6-7,14-16,19H,1-5,8-13H2. The Bertz CT molecular complexity index is 781. The highest BCUT2D eigenvalue weighted by molar-refractivity contribution is 5.40. The third kappa shape index (κ3) is 3.65. The molecule has 142 valence electrons. The number of nitrogens with zero attached hydrogens (tertiary/aromatic N) is 4. The molecule has 0 atom stereocenters. The SMILES string of the molecule is c1cc2c(cc1Oc1cnc(N3CCCC3)nc1)CCN(C1CCC1)CC2. The largest absolute Gasteiger partial charge is 0.454 e. The Labute approximate surface area is 161 Å². The van der Waals surface area contributed by atoms with Gasteiger partial charge in [0.05, 0.1) is 12.4 Å². The first-order valence-electron chi connectivity index (χ1n) is 10.5. The van der Waals surface area contributed by atoms with Gasteiger partial charge in [-0.25, -0.2) is 9.97 Å². The van der Waals surface area contributed by atoms with Crippen molar-refractivity contribution in [1.29, 1.82) is 0 Å².